The van der Waals surface area contributed by atoms with Crippen LogP contribution in [0.1, 0.15) is 31.4 Å². The zero-order chi connectivity index (χ0) is 12.1. The van der Waals surface area contributed by atoms with Crippen LogP contribution in [0.2, 0.25) is 0 Å². The SMILES string of the molecule is C=C(CC)CC(NC)c1cc(Br)cc(Br)c1. The van der Waals surface area contributed by atoms with Crippen molar-refractivity contribution in [3.63, 3.8) is 0 Å². The van der Waals surface area contributed by atoms with Gasteiger partial charge < -0.3 is 5.32 Å². The Bertz CT molecular complexity index is 354. The molecule has 1 aromatic rings. The molecule has 0 aromatic heterocycles. The summed E-state index contributed by atoms with van der Waals surface area (Å²) in [6.07, 6.45) is 2.02. The van der Waals surface area contributed by atoms with Gasteiger partial charge in [0.15, 0.2) is 0 Å². The second-order valence-electron chi connectivity index (χ2n) is 3.85. The van der Waals surface area contributed by atoms with Crippen molar-refractivity contribution in [3.05, 3.63) is 44.9 Å². The third kappa shape index (κ3) is 4.04. The molecule has 0 aliphatic heterocycles. The standard InChI is InChI=1S/C13H17Br2N/c1-4-9(2)5-13(16-3)10-6-11(14)8-12(15)7-10/h6-8,13,16H,2,4-5H2,1,3H3. The van der Waals surface area contributed by atoms with Crippen LogP contribution in [0, 0.1) is 0 Å². The van der Waals surface area contributed by atoms with E-state index in [1.807, 2.05) is 13.1 Å². The molecule has 0 spiro atoms. The first-order valence-electron chi connectivity index (χ1n) is 5.36. The lowest BCUT2D eigenvalue weighted by molar-refractivity contribution is 0.582. The largest absolute Gasteiger partial charge is 0.313 e. The van der Waals surface area contributed by atoms with Gasteiger partial charge >= 0.3 is 0 Å². The van der Waals surface area contributed by atoms with Gasteiger partial charge in [-0.2, -0.15) is 0 Å². The van der Waals surface area contributed by atoms with Crippen molar-refractivity contribution in [2.75, 3.05) is 7.05 Å². The predicted molar refractivity (Wildman–Crippen MR) is 77.7 cm³/mol. The summed E-state index contributed by atoms with van der Waals surface area (Å²) in [6.45, 7) is 6.21. The Morgan fingerprint density at radius 3 is 2.31 bits per heavy atom. The van der Waals surface area contributed by atoms with Gasteiger partial charge in [-0.1, -0.05) is 50.9 Å². The van der Waals surface area contributed by atoms with Crippen LogP contribution in [0.25, 0.3) is 0 Å². The molecule has 0 aliphatic rings. The summed E-state index contributed by atoms with van der Waals surface area (Å²) in [5.41, 5.74) is 2.55. The molecule has 0 heterocycles. The Labute approximate surface area is 115 Å². The molecule has 0 saturated heterocycles. The van der Waals surface area contributed by atoms with Crippen LogP contribution in [-0.2, 0) is 0 Å². The van der Waals surface area contributed by atoms with Gasteiger partial charge in [0.2, 0.25) is 0 Å². The smallest absolute Gasteiger partial charge is 0.0355 e. The number of benzene rings is 1. The maximum absolute atomic E-state index is 4.07. The van der Waals surface area contributed by atoms with E-state index in [0.717, 1.165) is 21.8 Å². The fraction of sp³-hybridized carbons (Fsp3) is 0.385. The molecule has 1 nitrogen and oxygen atoms in total. The highest BCUT2D eigenvalue weighted by atomic mass is 79.9. The van der Waals surface area contributed by atoms with Gasteiger partial charge in [0.1, 0.15) is 0 Å². The van der Waals surface area contributed by atoms with Crippen molar-refractivity contribution in [1.82, 2.24) is 5.32 Å². The molecule has 1 atom stereocenters. The summed E-state index contributed by atoms with van der Waals surface area (Å²) < 4.78 is 2.19. The Balaban J connectivity index is 2.90. The predicted octanol–water partition coefficient (Wildman–Crippen LogP) is 4.83. The molecule has 16 heavy (non-hydrogen) atoms. The molecule has 0 fully saturated rings. The molecule has 0 amide bonds. The zero-order valence-corrected chi connectivity index (χ0v) is 12.9. The summed E-state index contributed by atoms with van der Waals surface area (Å²) in [7, 11) is 1.99. The van der Waals surface area contributed by atoms with Crippen LogP contribution >= 0.6 is 31.9 Å². The minimum atomic E-state index is 0.334. The van der Waals surface area contributed by atoms with Crippen LogP contribution in [0.5, 0.6) is 0 Å². The topological polar surface area (TPSA) is 12.0 Å². The monoisotopic (exact) mass is 345 g/mol. The molecule has 1 N–H and O–H groups in total. The van der Waals surface area contributed by atoms with E-state index in [2.05, 4.69) is 62.8 Å². The third-order valence-electron chi connectivity index (χ3n) is 2.63. The van der Waals surface area contributed by atoms with Crippen LogP contribution in [0.15, 0.2) is 39.3 Å². The summed E-state index contributed by atoms with van der Waals surface area (Å²) in [6, 6.07) is 6.68. The van der Waals surface area contributed by atoms with E-state index >= 15 is 0 Å². The van der Waals surface area contributed by atoms with Gasteiger partial charge in [-0.3, -0.25) is 0 Å². The van der Waals surface area contributed by atoms with Gasteiger partial charge in [-0.05, 0) is 43.7 Å². The molecular formula is C13H17Br2N. The normalized spacial score (nSPS) is 12.5. The Morgan fingerprint density at radius 2 is 1.88 bits per heavy atom. The first kappa shape index (κ1) is 13.9. The number of nitrogens with one attached hydrogen (secondary N) is 1. The second kappa shape index (κ2) is 6.58. The van der Waals surface area contributed by atoms with E-state index in [-0.39, 0.29) is 0 Å². The van der Waals surface area contributed by atoms with Crippen LogP contribution < -0.4 is 5.32 Å². The number of hydrogen-bond donors (Lipinski definition) is 1. The van der Waals surface area contributed by atoms with Gasteiger partial charge in [-0.15, -0.1) is 0 Å². The van der Waals surface area contributed by atoms with Gasteiger partial charge in [0, 0.05) is 15.0 Å². The highest BCUT2D eigenvalue weighted by Crippen LogP contribution is 2.27. The molecule has 88 valence electrons. The average Bonchev–Trinajstić information content (AvgIpc) is 2.24. The Morgan fingerprint density at radius 1 is 1.31 bits per heavy atom. The Hall–Kier alpha value is -0.120. The van der Waals surface area contributed by atoms with E-state index in [1.54, 1.807) is 0 Å². The van der Waals surface area contributed by atoms with Crippen molar-refractivity contribution >= 4 is 31.9 Å². The van der Waals surface area contributed by atoms with Crippen molar-refractivity contribution in [3.8, 4) is 0 Å². The molecule has 1 rings (SSSR count). The quantitative estimate of drug-likeness (QED) is 0.753. The average molecular weight is 347 g/mol. The molecule has 0 radical (unpaired) electrons. The zero-order valence-electron chi connectivity index (χ0n) is 9.69. The summed E-state index contributed by atoms with van der Waals surface area (Å²) in [5.74, 6) is 0. The second-order valence-corrected chi connectivity index (χ2v) is 5.68. The third-order valence-corrected chi connectivity index (χ3v) is 3.54. The molecule has 1 unspecified atom stereocenters. The van der Waals surface area contributed by atoms with Crippen molar-refractivity contribution in [2.24, 2.45) is 0 Å². The first-order valence-corrected chi connectivity index (χ1v) is 6.95. The fourth-order valence-electron chi connectivity index (χ4n) is 1.60. The van der Waals surface area contributed by atoms with Gasteiger partial charge in [0.05, 0.1) is 0 Å². The van der Waals surface area contributed by atoms with Crippen LogP contribution in [0.4, 0.5) is 0 Å². The van der Waals surface area contributed by atoms with Crippen LogP contribution in [-0.4, -0.2) is 7.05 Å². The summed E-state index contributed by atoms with van der Waals surface area (Å²) in [4.78, 5) is 0. The lowest BCUT2D eigenvalue weighted by atomic mass is 9.99. The highest BCUT2D eigenvalue weighted by molar-refractivity contribution is 9.11. The number of hydrogen-bond acceptors (Lipinski definition) is 1. The summed E-state index contributed by atoms with van der Waals surface area (Å²) in [5, 5.41) is 3.34. The highest BCUT2D eigenvalue weighted by Gasteiger charge is 2.11. The molecule has 3 heteroatoms. The maximum atomic E-state index is 4.07. The molecule has 0 saturated carbocycles. The van der Waals surface area contributed by atoms with Gasteiger partial charge in [0.25, 0.3) is 0 Å². The van der Waals surface area contributed by atoms with Crippen molar-refractivity contribution < 1.29 is 0 Å². The van der Waals surface area contributed by atoms with Crippen molar-refractivity contribution in [2.45, 2.75) is 25.8 Å². The maximum Gasteiger partial charge on any atom is 0.0355 e. The van der Waals surface area contributed by atoms with E-state index in [4.69, 9.17) is 0 Å². The van der Waals surface area contributed by atoms with E-state index in [9.17, 15) is 0 Å². The lowest BCUT2D eigenvalue weighted by Gasteiger charge is -2.18. The van der Waals surface area contributed by atoms with Crippen LogP contribution in [0.3, 0.4) is 0 Å². The van der Waals surface area contributed by atoms with E-state index < -0.39 is 0 Å². The van der Waals surface area contributed by atoms with Gasteiger partial charge in [-0.25, -0.2) is 0 Å². The number of halogens is 2. The van der Waals surface area contributed by atoms with Crippen molar-refractivity contribution in [1.29, 1.82) is 0 Å². The first-order chi connectivity index (χ1) is 7.56. The van der Waals surface area contributed by atoms with E-state index in [0.29, 0.717) is 6.04 Å². The lowest BCUT2D eigenvalue weighted by Crippen LogP contribution is -2.16. The molecule has 0 aliphatic carbocycles. The molecule has 1 aromatic carbocycles. The van der Waals surface area contributed by atoms with E-state index in [1.165, 1.54) is 11.1 Å². The molecule has 0 bridgehead atoms. The Kier molecular flexibility index (Phi) is 5.73. The minimum Gasteiger partial charge on any atom is -0.313 e. The molecular weight excluding hydrogens is 330 g/mol. The minimum absolute atomic E-state index is 0.334. The fourth-order valence-corrected chi connectivity index (χ4v) is 2.93. The number of rotatable bonds is 5. The summed E-state index contributed by atoms with van der Waals surface area (Å²) >= 11 is 7.03.